The van der Waals surface area contributed by atoms with Crippen molar-refractivity contribution in [2.45, 2.75) is 44.7 Å². The van der Waals surface area contributed by atoms with Crippen molar-refractivity contribution in [3.8, 4) is 0 Å². The van der Waals surface area contributed by atoms with E-state index in [1.54, 1.807) is 0 Å². The van der Waals surface area contributed by atoms with Crippen LogP contribution >= 0.6 is 0 Å². The highest BCUT2D eigenvalue weighted by molar-refractivity contribution is 5.52. The van der Waals surface area contributed by atoms with Crippen molar-refractivity contribution < 1.29 is 10.2 Å². The van der Waals surface area contributed by atoms with Gasteiger partial charge in [0.05, 0.1) is 25.3 Å². The minimum absolute atomic E-state index is 0.132. The highest BCUT2D eigenvalue weighted by Gasteiger charge is 2.29. The Morgan fingerprint density at radius 3 is 2.38 bits per heavy atom. The zero-order valence-corrected chi connectivity index (χ0v) is 12.6. The van der Waals surface area contributed by atoms with Gasteiger partial charge in [-0.3, -0.25) is 0 Å². The summed E-state index contributed by atoms with van der Waals surface area (Å²) in [5.74, 6) is 1.64. The van der Waals surface area contributed by atoms with Crippen molar-refractivity contribution in [2.75, 3.05) is 36.1 Å². The fourth-order valence-corrected chi connectivity index (χ4v) is 3.45. The van der Waals surface area contributed by atoms with Gasteiger partial charge in [-0.05, 0) is 32.6 Å². The van der Waals surface area contributed by atoms with Crippen molar-refractivity contribution in [3.05, 3.63) is 11.8 Å². The summed E-state index contributed by atoms with van der Waals surface area (Å²) in [6, 6.07) is 0.298. The monoisotopic (exact) mass is 292 g/mol. The van der Waals surface area contributed by atoms with E-state index in [4.69, 9.17) is 4.98 Å². The van der Waals surface area contributed by atoms with Crippen LogP contribution in [-0.2, 0) is 0 Å². The van der Waals surface area contributed by atoms with E-state index in [9.17, 15) is 10.2 Å². The maximum Gasteiger partial charge on any atom is 0.227 e. The predicted octanol–water partition coefficient (Wildman–Crippen LogP) is 0.707. The van der Waals surface area contributed by atoms with Crippen molar-refractivity contribution in [3.63, 3.8) is 0 Å². The van der Waals surface area contributed by atoms with Crippen molar-refractivity contribution in [2.24, 2.45) is 0 Å². The zero-order chi connectivity index (χ0) is 14.8. The van der Waals surface area contributed by atoms with Gasteiger partial charge in [0.2, 0.25) is 5.95 Å². The molecule has 0 saturated carbocycles. The van der Waals surface area contributed by atoms with Gasteiger partial charge in [-0.1, -0.05) is 0 Å². The second-order valence-electron chi connectivity index (χ2n) is 6.02. The van der Waals surface area contributed by atoms with Crippen LogP contribution < -0.4 is 9.80 Å². The van der Waals surface area contributed by atoms with Crippen molar-refractivity contribution in [1.82, 2.24) is 9.97 Å². The van der Waals surface area contributed by atoms with Crippen molar-refractivity contribution >= 4 is 11.8 Å². The Hall–Kier alpha value is -1.40. The molecule has 2 fully saturated rings. The molecule has 2 saturated heterocycles. The maximum absolute atomic E-state index is 9.52. The zero-order valence-electron chi connectivity index (χ0n) is 12.6. The Kier molecular flexibility index (Phi) is 4.26. The molecule has 0 aromatic carbocycles. The Morgan fingerprint density at radius 1 is 1.10 bits per heavy atom. The number of aliphatic hydroxyl groups excluding tert-OH is 2. The number of aliphatic hydroxyl groups is 2. The fraction of sp³-hybridized carbons (Fsp3) is 0.733. The molecular formula is C15H24N4O2. The molecule has 0 spiro atoms. The first-order valence-corrected chi connectivity index (χ1v) is 7.83. The molecule has 21 heavy (non-hydrogen) atoms. The number of aromatic nitrogens is 2. The first-order valence-electron chi connectivity index (χ1n) is 7.83. The molecule has 0 unspecified atom stereocenters. The van der Waals surface area contributed by atoms with E-state index < -0.39 is 0 Å². The summed E-state index contributed by atoms with van der Waals surface area (Å²) in [5.41, 5.74) is 1.04. The lowest BCUT2D eigenvalue weighted by Crippen LogP contribution is -2.36. The summed E-state index contributed by atoms with van der Waals surface area (Å²) in [5, 5.41) is 19.0. The molecule has 1 aromatic heterocycles. The molecule has 0 radical (unpaired) electrons. The highest BCUT2D eigenvalue weighted by atomic mass is 16.3. The van der Waals surface area contributed by atoms with Crippen LogP contribution in [0.2, 0.25) is 0 Å². The number of anilines is 2. The molecule has 2 N–H and O–H groups in total. The lowest BCUT2D eigenvalue weighted by molar-refractivity contribution is 0.265. The van der Waals surface area contributed by atoms with E-state index in [0.29, 0.717) is 5.95 Å². The minimum Gasteiger partial charge on any atom is -0.394 e. The number of hydrogen-bond acceptors (Lipinski definition) is 6. The molecule has 6 heteroatoms. The normalized spacial score (nSPS) is 25.9. The Morgan fingerprint density at radius 2 is 1.71 bits per heavy atom. The van der Waals surface area contributed by atoms with E-state index in [2.05, 4.69) is 14.8 Å². The van der Waals surface area contributed by atoms with Gasteiger partial charge in [-0.15, -0.1) is 0 Å². The standard InChI is InChI=1S/C15H24N4O2/c1-11-8-16-15(19-7-3-5-13(19)10-21)17-14(11)18-6-2-4-12(18)9-20/h8,12-13,20-21H,2-7,9-10H2,1H3/t12-,13-/m0/s1. The smallest absolute Gasteiger partial charge is 0.227 e. The quantitative estimate of drug-likeness (QED) is 0.851. The fourth-order valence-electron chi connectivity index (χ4n) is 3.45. The molecule has 2 aliphatic rings. The molecule has 3 rings (SSSR count). The third-order valence-electron chi connectivity index (χ3n) is 4.64. The van der Waals surface area contributed by atoms with Crippen LogP contribution in [0, 0.1) is 6.92 Å². The third kappa shape index (κ3) is 2.70. The molecule has 0 bridgehead atoms. The van der Waals surface area contributed by atoms with Crippen molar-refractivity contribution in [1.29, 1.82) is 0 Å². The maximum atomic E-state index is 9.52. The summed E-state index contributed by atoms with van der Waals surface area (Å²) in [4.78, 5) is 13.5. The molecule has 0 aliphatic carbocycles. The Balaban J connectivity index is 1.89. The molecular weight excluding hydrogens is 268 g/mol. The topological polar surface area (TPSA) is 72.7 Å². The van der Waals surface area contributed by atoms with Crippen LogP contribution in [0.15, 0.2) is 6.20 Å². The second-order valence-corrected chi connectivity index (χ2v) is 6.02. The van der Waals surface area contributed by atoms with Gasteiger partial charge in [0.1, 0.15) is 5.82 Å². The van der Waals surface area contributed by atoms with Gasteiger partial charge >= 0.3 is 0 Å². The van der Waals surface area contributed by atoms with E-state index >= 15 is 0 Å². The van der Waals surface area contributed by atoms with Gasteiger partial charge in [-0.25, -0.2) is 4.98 Å². The lowest BCUT2D eigenvalue weighted by Gasteiger charge is -2.28. The molecule has 0 amide bonds. The SMILES string of the molecule is Cc1cnc(N2CCC[C@H]2CO)nc1N1CCC[C@H]1CO. The highest BCUT2D eigenvalue weighted by Crippen LogP contribution is 2.29. The van der Waals surface area contributed by atoms with Crippen LogP contribution in [0.1, 0.15) is 31.2 Å². The van der Waals surface area contributed by atoms with E-state index in [1.165, 1.54) is 0 Å². The lowest BCUT2D eigenvalue weighted by atomic mass is 10.2. The largest absolute Gasteiger partial charge is 0.394 e. The number of rotatable bonds is 4. The van der Waals surface area contributed by atoms with Gasteiger partial charge < -0.3 is 20.0 Å². The Labute approximate surface area is 125 Å². The van der Waals surface area contributed by atoms with Gasteiger partial charge in [0.25, 0.3) is 0 Å². The summed E-state index contributed by atoms with van der Waals surface area (Å²) in [7, 11) is 0. The first-order chi connectivity index (χ1) is 10.2. The van der Waals surface area contributed by atoms with E-state index in [-0.39, 0.29) is 25.3 Å². The van der Waals surface area contributed by atoms with E-state index in [1.807, 2.05) is 13.1 Å². The van der Waals surface area contributed by atoms with Gasteiger partial charge in [0, 0.05) is 24.8 Å². The first kappa shape index (κ1) is 14.5. The Bertz CT molecular complexity index is 497. The molecule has 3 heterocycles. The van der Waals surface area contributed by atoms with Crippen LogP contribution in [0.25, 0.3) is 0 Å². The van der Waals surface area contributed by atoms with Crippen LogP contribution in [0.4, 0.5) is 11.8 Å². The van der Waals surface area contributed by atoms with Gasteiger partial charge in [0.15, 0.2) is 0 Å². The summed E-state index contributed by atoms with van der Waals surface area (Å²) in [6.45, 7) is 4.17. The molecule has 2 atom stereocenters. The molecule has 2 aliphatic heterocycles. The molecule has 1 aromatic rings. The average Bonchev–Trinajstić information content (AvgIpc) is 3.16. The average molecular weight is 292 g/mol. The molecule has 116 valence electrons. The van der Waals surface area contributed by atoms with Gasteiger partial charge in [-0.2, -0.15) is 4.98 Å². The third-order valence-corrected chi connectivity index (χ3v) is 4.64. The molecule has 6 nitrogen and oxygen atoms in total. The minimum atomic E-state index is 0.132. The summed E-state index contributed by atoms with van der Waals surface area (Å²) < 4.78 is 0. The van der Waals surface area contributed by atoms with Crippen LogP contribution in [-0.4, -0.2) is 58.6 Å². The predicted molar refractivity (Wildman–Crippen MR) is 81.7 cm³/mol. The van der Waals surface area contributed by atoms with E-state index in [0.717, 1.165) is 50.2 Å². The number of aryl methyl sites for hydroxylation is 1. The number of hydrogen-bond donors (Lipinski definition) is 2. The summed E-state index contributed by atoms with van der Waals surface area (Å²) in [6.07, 6.45) is 6.02. The second kappa shape index (κ2) is 6.15. The number of nitrogens with zero attached hydrogens (tertiary/aromatic N) is 4. The van der Waals surface area contributed by atoms with Crippen LogP contribution in [0.3, 0.4) is 0 Å². The van der Waals surface area contributed by atoms with Crippen LogP contribution in [0.5, 0.6) is 0 Å². The summed E-state index contributed by atoms with van der Waals surface area (Å²) >= 11 is 0.